The Morgan fingerprint density at radius 1 is 1.03 bits per heavy atom. The maximum Gasteiger partial charge on any atom is 0.303 e. The molecule has 0 unspecified atom stereocenters. The van der Waals surface area contributed by atoms with E-state index < -0.39 is 5.97 Å². The number of carboxylic acids is 1. The van der Waals surface area contributed by atoms with Crippen LogP contribution in [0.25, 0.3) is 16.7 Å². The third kappa shape index (κ3) is 6.27. The first kappa shape index (κ1) is 27.4. The second-order valence-electron chi connectivity index (χ2n) is 10.7. The van der Waals surface area contributed by atoms with Crippen molar-refractivity contribution in [3.8, 4) is 22.6 Å². The fourth-order valence-corrected chi connectivity index (χ4v) is 5.41. The minimum absolute atomic E-state index is 0.0175. The summed E-state index contributed by atoms with van der Waals surface area (Å²) in [5.74, 6) is 0.204. The summed E-state index contributed by atoms with van der Waals surface area (Å²) >= 11 is 0. The molecule has 200 valence electrons. The van der Waals surface area contributed by atoms with Gasteiger partial charge in [-0.3, -0.25) is 4.79 Å². The number of carboxylic acid groups (broad SMARTS) is 1. The molecule has 1 N–H and O–H groups in total. The van der Waals surface area contributed by atoms with E-state index in [1.807, 2.05) is 36.4 Å². The van der Waals surface area contributed by atoms with E-state index in [1.54, 1.807) is 19.2 Å². The Balaban J connectivity index is 1.65. The van der Waals surface area contributed by atoms with Crippen LogP contribution in [0.5, 0.6) is 11.5 Å². The monoisotopic (exact) mass is 516 g/mol. The van der Waals surface area contributed by atoms with Gasteiger partial charge < -0.3 is 14.6 Å². The Kier molecular flexibility index (Phi) is 8.55. The maximum atomic E-state index is 15.0. The first-order chi connectivity index (χ1) is 18.2. The molecule has 0 saturated carbocycles. The highest BCUT2D eigenvalue weighted by atomic mass is 19.1. The predicted molar refractivity (Wildman–Crippen MR) is 150 cm³/mol. The van der Waals surface area contributed by atoms with Gasteiger partial charge in [-0.15, -0.1) is 0 Å². The van der Waals surface area contributed by atoms with Crippen LogP contribution < -0.4 is 9.47 Å². The minimum Gasteiger partial charge on any atom is -0.497 e. The quantitative estimate of drug-likeness (QED) is 0.277. The maximum absolute atomic E-state index is 15.0. The van der Waals surface area contributed by atoms with Gasteiger partial charge in [-0.05, 0) is 94.8 Å². The fourth-order valence-electron chi connectivity index (χ4n) is 5.41. The van der Waals surface area contributed by atoms with E-state index >= 15 is 4.39 Å². The highest BCUT2D eigenvalue weighted by molar-refractivity contribution is 5.85. The second-order valence-corrected chi connectivity index (χ2v) is 10.7. The summed E-state index contributed by atoms with van der Waals surface area (Å²) < 4.78 is 26.6. The number of carbonyl (C=O) groups is 1. The highest BCUT2D eigenvalue weighted by Gasteiger charge is 2.30. The molecule has 3 aromatic rings. The van der Waals surface area contributed by atoms with Gasteiger partial charge in [-0.2, -0.15) is 0 Å². The number of halogens is 1. The normalized spacial score (nSPS) is 15.1. The van der Waals surface area contributed by atoms with E-state index in [0.29, 0.717) is 23.7 Å². The van der Waals surface area contributed by atoms with Gasteiger partial charge in [-0.1, -0.05) is 57.5 Å². The molecule has 4 rings (SSSR count). The molecule has 0 aliphatic heterocycles. The summed E-state index contributed by atoms with van der Waals surface area (Å²) in [7, 11) is 1.59. The van der Waals surface area contributed by atoms with Gasteiger partial charge >= 0.3 is 5.97 Å². The summed E-state index contributed by atoms with van der Waals surface area (Å²) in [6, 6.07) is 18.6. The summed E-state index contributed by atoms with van der Waals surface area (Å²) in [4.78, 5) is 11.4. The molecule has 0 spiro atoms. The Labute approximate surface area is 225 Å². The number of rotatable bonds is 11. The molecular weight excluding hydrogens is 479 g/mol. The van der Waals surface area contributed by atoms with E-state index in [1.165, 1.54) is 11.6 Å². The molecule has 0 amide bonds. The molecule has 1 aliphatic carbocycles. The number of allylic oxidation sites excluding steroid dienone is 2. The van der Waals surface area contributed by atoms with Crippen LogP contribution in [-0.4, -0.2) is 18.2 Å². The lowest BCUT2D eigenvalue weighted by Gasteiger charge is -2.25. The van der Waals surface area contributed by atoms with Crippen LogP contribution in [0.2, 0.25) is 0 Å². The Morgan fingerprint density at radius 3 is 2.53 bits per heavy atom. The molecule has 3 aromatic carbocycles. The van der Waals surface area contributed by atoms with Crippen LogP contribution >= 0.6 is 0 Å². The summed E-state index contributed by atoms with van der Waals surface area (Å²) in [5.41, 5.74) is 5.53. The van der Waals surface area contributed by atoms with Crippen LogP contribution in [0.1, 0.15) is 75.5 Å². The Bertz CT molecular complexity index is 1320. The van der Waals surface area contributed by atoms with Crippen molar-refractivity contribution < 1.29 is 23.8 Å². The first-order valence-electron chi connectivity index (χ1n) is 13.3. The van der Waals surface area contributed by atoms with Crippen molar-refractivity contribution >= 4 is 11.5 Å². The van der Waals surface area contributed by atoms with Crippen molar-refractivity contribution in [1.82, 2.24) is 0 Å². The molecule has 0 aromatic heterocycles. The van der Waals surface area contributed by atoms with Gasteiger partial charge in [0.2, 0.25) is 0 Å². The first-order valence-corrected chi connectivity index (χ1v) is 13.3. The van der Waals surface area contributed by atoms with Gasteiger partial charge in [-0.25, -0.2) is 4.39 Å². The molecule has 1 aliphatic rings. The van der Waals surface area contributed by atoms with Crippen molar-refractivity contribution in [2.24, 2.45) is 5.41 Å². The topological polar surface area (TPSA) is 55.8 Å². The van der Waals surface area contributed by atoms with Crippen LogP contribution in [0.15, 0.2) is 66.7 Å². The molecule has 0 bridgehead atoms. The average molecular weight is 517 g/mol. The summed E-state index contributed by atoms with van der Waals surface area (Å²) in [6.45, 7) is 6.88. The molecule has 0 saturated heterocycles. The lowest BCUT2D eigenvalue weighted by molar-refractivity contribution is -0.137. The molecule has 0 heterocycles. The third-order valence-electron chi connectivity index (χ3n) is 7.48. The van der Waals surface area contributed by atoms with Gasteiger partial charge in [0.15, 0.2) is 0 Å². The third-order valence-corrected chi connectivity index (χ3v) is 7.48. The molecule has 38 heavy (non-hydrogen) atoms. The number of hydrogen-bond acceptors (Lipinski definition) is 3. The number of aliphatic carboxylic acids is 1. The van der Waals surface area contributed by atoms with Crippen molar-refractivity contribution in [2.75, 3.05) is 7.11 Å². The predicted octanol–water partition coefficient (Wildman–Crippen LogP) is 8.64. The van der Waals surface area contributed by atoms with Gasteiger partial charge in [0.05, 0.1) is 13.5 Å². The van der Waals surface area contributed by atoms with Crippen molar-refractivity contribution in [1.29, 1.82) is 0 Å². The zero-order chi connectivity index (χ0) is 27.3. The molecular formula is C33H37FO4. The number of benzene rings is 3. The van der Waals surface area contributed by atoms with E-state index in [2.05, 4.69) is 32.9 Å². The molecule has 4 nitrogen and oxygen atoms in total. The second kappa shape index (κ2) is 11.8. The zero-order valence-corrected chi connectivity index (χ0v) is 22.7. The van der Waals surface area contributed by atoms with E-state index in [0.717, 1.165) is 47.9 Å². The minimum atomic E-state index is -0.793. The van der Waals surface area contributed by atoms with Crippen LogP contribution in [-0.2, 0) is 11.4 Å². The van der Waals surface area contributed by atoms with E-state index in [-0.39, 0.29) is 23.6 Å². The number of methoxy groups -OCH3 is 1. The van der Waals surface area contributed by atoms with Crippen molar-refractivity contribution in [3.63, 3.8) is 0 Å². The number of ether oxygens (including phenoxy) is 2. The van der Waals surface area contributed by atoms with Gasteiger partial charge in [0, 0.05) is 5.56 Å². The number of hydrogen-bond donors (Lipinski definition) is 1. The molecule has 5 heteroatoms. The van der Waals surface area contributed by atoms with Crippen molar-refractivity contribution in [2.45, 2.75) is 65.4 Å². The molecule has 0 radical (unpaired) electrons. The fraction of sp³-hybridized carbons (Fsp3) is 0.364. The lowest BCUT2D eigenvalue weighted by atomic mass is 9.79. The SMILES string of the molecule is CCC[C@H](CC(=O)O)c1cccc(OCc2ccc(-c3cc(OC)ccc3F)c(C3=CCCC3(C)C)c2)c1. The van der Waals surface area contributed by atoms with Crippen LogP contribution in [0.3, 0.4) is 0 Å². The van der Waals surface area contributed by atoms with E-state index in [4.69, 9.17) is 9.47 Å². The molecule has 0 fully saturated rings. The smallest absolute Gasteiger partial charge is 0.303 e. The van der Waals surface area contributed by atoms with Crippen LogP contribution in [0, 0.1) is 11.2 Å². The summed E-state index contributed by atoms with van der Waals surface area (Å²) in [5, 5.41) is 9.33. The average Bonchev–Trinajstić information content (AvgIpc) is 3.26. The van der Waals surface area contributed by atoms with Gasteiger partial charge in [0.25, 0.3) is 0 Å². The largest absolute Gasteiger partial charge is 0.497 e. The summed E-state index contributed by atoms with van der Waals surface area (Å²) in [6.07, 6.45) is 6.13. The zero-order valence-electron chi connectivity index (χ0n) is 22.7. The lowest BCUT2D eigenvalue weighted by Crippen LogP contribution is -2.10. The van der Waals surface area contributed by atoms with Crippen molar-refractivity contribution in [3.05, 3.63) is 89.2 Å². The standard InChI is InChI=1S/C33H37FO4/c1-5-8-23(19-32(35)36)24-9-6-10-26(18-24)38-21-22-12-14-27(29-20-25(37-4)13-15-31(29)34)28(17-22)30-11-7-16-33(30,2)3/h6,9-15,17-18,20,23H,5,7-8,16,19,21H2,1-4H3,(H,35,36)/t23-/m1/s1. The Morgan fingerprint density at radius 2 is 1.84 bits per heavy atom. The molecule has 1 atom stereocenters. The van der Waals surface area contributed by atoms with E-state index in [9.17, 15) is 9.90 Å². The van der Waals surface area contributed by atoms with Crippen LogP contribution in [0.4, 0.5) is 4.39 Å². The highest BCUT2D eigenvalue weighted by Crippen LogP contribution is 2.47. The Hall–Kier alpha value is -3.60. The van der Waals surface area contributed by atoms with Gasteiger partial charge in [0.1, 0.15) is 23.9 Å².